The topological polar surface area (TPSA) is 66.5 Å². The number of hydrogen-bond donors (Lipinski definition) is 1. The lowest BCUT2D eigenvalue weighted by molar-refractivity contribution is 0.0713. The van der Waals surface area contributed by atoms with Gasteiger partial charge in [-0.15, -0.1) is 0 Å². The predicted octanol–water partition coefficient (Wildman–Crippen LogP) is 1.99. The Morgan fingerprint density at radius 2 is 1.74 bits per heavy atom. The van der Waals surface area contributed by atoms with Crippen LogP contribution in [0.4, 0.5) is 0 Å². The number of sulfonamides is 1. The summed E-state index contributed by atoms with van der Waals surface area (Å²) in [5.74, 6) is 0.0135. The molecular weight excluding hydrogens is 312 g/mol. The summed E-state index contributed by atoms with van der Waals surface area (Å²) in [4.78, 5) is 14.6. The van der Waals surface area contributed by atoms with E-state index < -0.39 is 10.0 Å². The molecule has 0 unspecified atom stereocenters. The van der Waals surface area contributed by atoms with Gasteiger partial charge in [-0.1, -0.05) is 36.4 Å². The van der Waals surface area contributed by atoms with Crippen LogP contribution in [0.5, 0.6) is 0 Å². The Hall–Kier alpha value is -1.92. The van der Waals surface area contributed by atoms with Crippen LogP contribution in [0.3, 0.4) is 0 Å². The van der Waals surface area contributed by atoms with Crippen LogP contribution < -0.4 is 4.72 Å². The normalized spacial score (nSPS) is 16.7. The molecule has 1 amide bonds. The maximum absolute atomic E-state index is 12.8. The first-order valence-corrected chi connectivity index (χ1v) is 9.57. The molecule has 0 aromatic heterocycles. The van der Waals surface area contributed by atoms with Crippen molar-refractivity contribution < 1.29 is 13.2 Å². The molecule has 1 heterocycles. The predicted molar refractivity (Wildman–Crippen MR) is 90.9 cm³/mol. The molecule has 0 aliphatic carbocycles. The molecule has 1 aliphatic rings. The second-order valence-corrected chi connectivity index (χ2v) is 7.76. The minimum absolute atomic E-state index is 0.0135. The van der Waals surface area contributed by atoms with E-state index in [1.165, 1.54) is 6.26 Å². The van der Waals surface area contributed by atoms with Gasteiger partial charge in [-0.2, -0.15) is 0 Å². The number of carbonyl (C=O) groups excluding carboxylic acids is 1. The molecule has 1 saturated heterocycles. The molecule has 1 aliphatic heterocycles. The molecule has 0 atom stereocenters. The first-order valence-electron chi connectivity index (χ1n) is 7.68. The van der Waals surface area contributed by atoms with E-state index in [0.29, 0.717) is 31.5 Å². The van der Waals surface area contributed by atoms with Crippen LogP contribution in [-0.4, -0.2) is 44.6 Å². The molecule has 6 heteroatoms. The van der Waals surface area contributed by atoms with Gasteiger partial charge in [0.05, 0.1) is 6.26 Å². The van der Waals surface area contributed by atoms with Gasteiger partial charge in [0.2, 0.25) is 10.0 Å². The van der Waals surface area contributed by atoms with Crippen molar-refractivity contribution in [1.29, 1.82) is 0 Å². The molecule has 122 valence electrons. The molecule has 2 aromatic carbocycles. The fourth-order valence-corrected chi connectivity index (χ4v) is 3.93. The van der Waals surface area contributed by atoms with Crippen LogP contribution in [0.25, 0.3) is 10.8 Å². The van der Waals surface area contributed by atoms with Gasteiger partial charge in [-0.05, 0) is 29.7 Å². The van der Waals surface area contributed by atoms with Gasteiger partial charge in [-0.25, -0.2) is 13.1 Å². The fourth-order valence-electron chi connectivity index (χ4n) is 3.09. The quantitative estimate of drug-likeness (QED) is 0.935. The Balaban J connectivity index is 1.74. The highest BCUT2D eigenvalue weighted by Gasteiger charge is 2.25. The molecule has 0 saturated carbocycles. The Morgan fingerprint density at radius 1 is 1.09 bits per heavy atom. The van der Waals surface area contributed by atoms with Crippen LogP contribution >= 0.6 is 0 Å². The Kier molecular flexibility index (Phi) is 4.37. The van der Waals surface area contributed by atoms with Crippen molar-refractivity contribution in [2.45, 2.75) is 18.9 Å². The highest BCUT2D eigenvalue weighted by atomic mass is 32.2. The minimum Gasteiger partial charge on any atom is -0.339 e. The summed E-state index contributed by atoms with van der Waals surface area (Å²) in [5, 5.41) is 2.00. The number of carbonyl (C=O) groups is 1. The van der Waals surface area contributed by atoms with Crippen LogP contribution in [0.15, 0.2) is 42.5 Å². The van der Waals surface area contributed by atoms with E-state index in [4.69, 9.17) is 0 Å². The van der Waals surface area contributed by atoms with Crippen LogP contribution in [0.2, 0.25) is 0 Å². The van der Waals surface area contributed by atoms with Gasteiger partial charge in [-0.3, -0.25) is 4.79 Å². The van der Waals surface area contributed by atoms with Crippen molar-refractivity contribution in [2.24, 2.45) is 0 Å². The standard InChI is InChI=1S/C17H20N2O3S/c1-23(21,22)18-14-9-11-19(12-10-14)17(20)16-8-4-6-13-5-2-3-7-15(13)16/h2-8,14,18H,9-12H2,1H3. The summed E-state index contributed by atoms with van der Waals surface area (Å²) >= 11 is 0. The van der Waals surface area contributed by atoms with Crippen molar-refractivity contribution in [1.82, 2.24) is 9.62 Å². The second-order valence-electron chi connectivity index (χ2n) is 5.98. The molecule has 2 aromatic rings. The van der Waals surface area contributed by atoms with Crippen molar-refractivity contribution in [2.75, 3.05) is 19.3 Å². The van der Waals surface area contributed by atoms with E-state index in [-0.39, 0.29) is 11.9 Å². The summed E-state index contributed by atoms with van der Waals surface area (Å²) < 4.78 is 25.2. The number of amides is 1. The van der Waals surface area contributed by atoms with Gasteiger partial charge in [0.15, 0.2) is 0 Å². The number of nitrogens with one attached hydrogen (secondary N) is 1. The summed E-state index contributed by atoms with van der Waals surface area (Å²) in [7, 11) is -3.20. The van der Waals surface area contributed by atoms with Crippen molar-refractivity contribution in [3.8, 4) is 0 Å². The molecule has 3 rings (SSSR count). The smallest absolute Gasteiger partial charge is 0.254 e. The van der Waals surface area contributed by atoms with Gasteiger partial charge in [0.25, 0.3) is 5.91 Å². The molecule has 1 N–H and O–H groups in total. The average Bonchev–Trinajstić information content (AvgIpc) is 2.53. The first kappa shape index (κ1) is 16.0. The van der Waals surface area contributed by atoms with Crippen LogP contribution in [0.1, 0.15) is 23.2 Å². The van der Waals surface area contributed by atoms with Crippen molar-refractivity contribution >= 4 is 26.7 Å². The van der Waals surface area contributed by atoms with Gasteiger partial charge in [0, 0.05) is 24.7 Å². The van der Waals surface area contributed by atoms with Crippen LogP contribution in [0, 0.1) is 0 Å². The first-order chi connectivity index (χ1) is 10.9. The van der Waals surface area contributed by atoms with Crippen molar-refractivity contribution in [3.63, 3.8) is 0 Å². The number of nitrogens with zero attached hydrogens (tertiary/aromatic N) is 1. The Bertz CT molecular complexity index is 819. The van der Waals surface area contributed by atoms with E-state index in [2.05, 4.69) is 4.72 Å². The largest absolute Gasteiger partial charge is 0.339 e. The SMILES string of the molecule is CS(=O)(=O)NC1CCN(C(=O)c2cccc3ccccc23)CC1. The van der Waals surface area contributed by atoms with Crippen molar-refractivity contribution in [3.05, 3.63) is 48.0 Å². The molecule has 1 fully saturated rings. The molecular formula is C17H20N2O3S. The lowest BCUT2D eigenvalue weighted by Gasteiger charge is -2.32. The zero-order chi connectivity index (χ0) is 16.4. The minimum atomic E-state index is -3.20. The van der Waals surface area contributed by atoms with E-state index in [1.54, 1.807) is 0 Å². The third-order valence-corrected chi connectivity index (χ3v) is 4.94. The summed E-state index contributed by atoms with van der Waals surface area (Å²) in [6, 6.07) is 13.5. The van der Waals surface area contributed by atoms with Gasteiger partial charge >= 0.3 is 0 Å². The third-order valence-electron chi connectivity index (χ3n) is 4.18. The van der Waals surface area contributed by atoms with E-state index in [1.807, 2.05) is 47.4 Å². The monoisotopic (exact) mass is 332 g/mol. The number of benzene rings is 2. The Labute approximate surface area is 136 Å². The number of fused-ring (bicyclic) bond motifs is 1. The average molecular weight is 332 g/mol. The van der Waals surface area contributed by atoms with Gasteiger partial charge in [0.1, 0.15) is 0 Å². The lowest BCUT2D eigenvalue weighted by atomic mass is 10.0. The number of rotatable bonds is 3. The maximum Gasteiger partial charge on any atom is 0.254 e. The van der Waals surface area contributed by atoms with E-state index in [9.17, 15) is 13.2 Å². The zero-order valence-corrected chi connectivity index (χ0v) is 13.8. The third kappa shape index (κ3) is 3.71. The second kappa shape index (κ2) is 6.29. The Morgan fingerprint density at radius 3 is 2.43 bits per heavy atom. The van der Waals surface area contributed by atoms with E-state index >= 15 is 0 Å². The van der Waals surface area contributed by atoms with Gasteiger partial charge < -0.3 is 4.90 Å². The summed E-state index contributed by atoms with van der Waals surface area (Å²) in [5.41, 5.74) is 0.706. The molecule has 5 nitrogen and oxygen atoms in total. The molecule has 0 bridgehead atoms. The lowest BCUT2D eigenvalue weighted by Crippen LogP contribution is -2.46. The number of likely N-dealkylation sites (tertiary alicyclic amines) is 1. The molecule has 23 heavy (non-hydrogen) atoms. The fraction of sp³-hybridized carbons (Fsp3) is 0.353. The zero-order valence-electron chi connectivity index (χ0n) is 13.0. The number of piperidine rings is 1. The molecule has 0 spiro atoms. The highest BCUT2D eigenvalue weighted by Crippen LogP contribution is 2.22. The number of hydrogen-bond acceptors (Lipinski definition) is 3. The van der Waals surface area contributed by atoms with Crippen LogP contribution in [-0.2, 0) is 10.0 Å². The highest BCUT2D eigenvalue weighted by molar-refractivity contribution is 7.88. The summed E-state index contributed by atoms with van der Waals surface area (Å²) in [6.45, 7) is 1.13. The maximum atomic E-state index is 12.8. The van der Waals surface area contributed by atoms with E-state index in [0.717, 1.165) is 10.8 Å². The molecule has 0 radical (unpaired) electrons. The summed E-state index contributed by atoms with van der Waals surface area (Å²) in [6.07, 6.45) is 2.45.